The summed E-state index contributed by atoms with van der Waals surface area (Å²) in [5, 5.41) is 10.3. The first-order valence-corrected chi connectivity index (χ1v) is 10.9. The minimum atomic E-state index is -0.354. The van der Waals surface area contributed by atoms with E-state index in [1.165, 1.54) is 0 Å². The second-order valence-corrected chi connectivity index (χ2v) is 8.10. The number of halogens is 1. The monoisotopic (exact) mass is 469 g/mol. The van der Waals surface area contributed by atoms with Crippen LogP contribution in [0.25, 0.3) is 11.4 Å². The van der Waals surface area contributed by atoms with Crippen LogP contribution in [0.1, 0.15) is 23.2 Å². The zero-order valence-corrected chi connectivity index (χ0v) is 19.1. The number of methoxy groups -OCH3 is 2. The molecule has 1 fully saturated rings. The number of hydrogen-bond acceptors (Lipinski definition) is 6. The van der Waals surface area contributed by atoms with Gasteiger partial charge in [0.05, 0.1) is 25.7 Å². The molecule has 1 atom stereocenters. The average Bonchev–Trinajstić information content (AvgIpc) is 3.31. The summed E-state index contributed by atoms with van der Waals surface area (Å²) in [5.74, 6) is 1.13. The summed E-state index contributed by atoms with van der Waals surface area (Å²) in [4.78, 5) is 31.7. The van der Waals surface area contributed by atoms with Gasteiger partial charge in [0, 0.05) is 29.7 Å². The number of aromatic nitrogens is 3. The highest BCUT2D eigenvalue weighted by molar-refractivity contribution is 6.30. The van der Waals surface area contributed by atoms with E-state index in [1.807, 2.05) is 0 Å². The third kappa shape index (κ3) is 5.09. The number of benzene rings is 2. The molecule has 1 unspecified atom stereocenters. The van der Waals surface area contributed by atoms with Crippen LogP contribution in [-0.2, 0) is 4.79 Å². The largest absolute Gasteiger partial charge is 0.497 e. The van der Waals surface area contributed by atoms with Crippen molar-refractivity contribution in [1.82, 2.24) is 20.1 Å². The molecule has 0 aliphatic carbocycles. The molecule has 9 nitrogen and oxygen atoms in total. The Balaban J connectivity index is 1.42. The van der Waals surface area contributed by atoms with E-state index in [1.54, 1.807) is 61.6 Å². The molecule has 0 radical (unpaired) electrons. The summed E-state index contributed by atoms with van der Waals surface area (Å²) >= 11 is 5.91. The van der Waals surface area contributed by atoms with E-state index >= 15 is 0 Å². The summed E-state index contributed by atoms with van der Waals surface area (Å²) in [7, 11) is 3.13. The fourth-order valence-corrected chi connectivity index (χ4v) is 3.92. The Morgan fingerprint density at radius 2 is 1.94 bits per heavy atom. The molecule has 1 aliphatic heterocycles. The number of piperidine rings is 1. The van der Waals surface area contributed by atoms with Crippen molar-refractivity contribution in [3.63, 3.8) is 0 Å². The number of aromatic amines is 1. The number of nitrogens with zero attached hydrogens (tertiary/aromatic N) is 3. The van der Waals surface area contributed by atoms with Crippen LogP contribution < -0.4 is 14.8 Å². The lowest BCUT2D eigenvalue weighted by atomic mass is 9.96. The van der Waals surface area contributed by atoms with Gasteiger partial charge >= 0.3 is 0 Å². The average molecular weight is 470 g/mol. The summed E-state index contributed by atoms with van der Waals surface area (Å²) in [6, 6.07) is 12.1. The van der Waals surface area contributed by atoms with Gasteiger partial charge in [-0.3, -0.25) is 20.0 Å². The molecule has 2 N–H and O–H groups in total. The standard InChI is InChI=1S/C23H24ClN5O4/c1-32-17-9-10-18(19(12-17)33-2)20-25-23(28-27-20)26-21(30)15-4-3-11-29(13-15)22(31)14-5-7-16(24)8-6-14/h5-10,12,15H,3-4,11,13H2,1-2H3,(H2,25,26,27,28,30). The van der Waals surface area contributed by atoms with Crippen LogP contribution in [0.4, 0.5) is 5.95 Å². The predicted octanol–water partition coefficient (Wildman–Crippen LogP) is 3.63. The third-order valence-electron chi connectivity index (χ3n) is 5.55. The molecule has 0 bridgehead atoms. The lowest BCUT2D eigenvalue weighted by molar-refractivity contribution is -0.121. The maximum Gasteiger partial charge on any atom is 0.253 e. The van der Waals surface area contributed by atoms with E-state index in [9.17, 15) is 9.59 Å². The fraction of sp³-hybridized carbons (Fsp3) is 0.304. The van der Waals surface area contributed by atoms with E-state index in [-0.39, 0.29) is 23.7 Å². The number of rotatable bonds is 6. The number of ether oxygens (including phenoxy) is 2. The highest BCUT2D eigenvalue weighted by Crippen LogP contribution is 2.31. The first-order chi connectivity index (χ1) is 16.0. The molecular weight excluding hydrogens is 446 g/mol. The zero-order chi connectivity index (χ0) is 23.4. The number of carbonyl (C=O) groups excluding carboxylic acids is 2. The third-order valence-corrected chi connectivity index (χ3v) is 5.81. The molecule has 33 heavy (non-hydrogen) atoms. The lowest BCUT2D eigenvalue weighted by Gasteiger charge is -2.31. The number of carbonyl (C=O) groups is 2. The summed E-state index contributed by atoms with van der Waals surface area (Å²) in [6.07, 6.45) is 1.42. The number of hydrogen-bond donors (Lipinski definition) is 2. The van der Waals surface area contributed by atoms with Crippen molar-refractivity contribution in [1.29, 1.82) is 0 Å². The van der Waals surface area contributed by atoms with Crippen molar-refractivity contribution in [2.45, 2.75) is 12.8 Å². The van der Waals surface area contributed by atoms with Crippen molar-refractivity contribution in [2.24, 2.45) is 5.92 Å². The first-order valence-electron chi connectivity index (χ1n) is 10.5. The molecule has 1 aromatic heterocycles. The number of H-pyrrole nitrogens is 1. The second kappa shape index (κ2) is 9.91. The highest BCUT2D eigenvalue weighted by Gasteiger charge is 2.29. The molecule has 10 heteroatoms. The summed E-state index contributed by atoms with van der Waals surface area (Å²) in [6.45, 7) is 0.935. The van der Waals surface area contributed by atoms with Gasteiger partial charge in [-0.15, -0.1) is 5.10 Å². The topological polar surface area (TPSA) is 109 Å². The van der Waals surface area contributed by atoms with Gasteiger partial charge in [0.1, 0.15) is 11.5 Å². The summed E-state index contributed by atoms with van der Waals surface area (Å²) in [5.41, 5.74) is 1.23. The summed E-state index contributed by atoms with van der Waals surface area (Å²) < 4.78 is 10.6. The minimum Gasteiger partial charge on any atom is -0.497 e. The van der Waals surface area contributed by atoms with Crippen molar-refractivity contribution in [2.75, 3.05) is 32.6 Å². The molecule has 172 valence electrons. The van der Waals surface area contributed by atoms with Crippen molar-refractivity contribution in [3.05, 3.63) is 53.1 Å². The second-order valence-electron chi connectivity index (χ2n) is 7.66. The van der Waals surface area contributed by atoms with E-state index in [2.05, 4.69) is 20.5 Å². The fourth-order valence-electron chi connectivity index (χ4n) is 3.80. The zero-order valence-electron chi connectivity index (χ0n) is 18.3. The van der Waals surface area contributed by atoms with Crippen molar-refractivity contribution in [3.8, 4) is 22.9 Å². The molecule has 0 saturated carbocycles. The molecule has 2 amide bonds. The van der Waals surface area contributed by atoms with Gasteiger partial charge < -0.3 is 14.4 Å². The number of likely N-dealkylation sites (tertiary alicyclic amines) is 1. The Bertz CT molecular complexity index is 1150. The number of amides is 2. The first kappa shape index (κ1) is 22.6. The Hall–Kier alpha value is -3.59. The molecule has 2 heterocycles. The number of nitrogens with one attached hydrogen (secondary N) is 2. The van der Waals surface area contributed by atoms with Gasteiger partial charge in [-0.1, -0.05) is 11.6 Å². The van der Waals surface area contributed by atoms with Gasteiger partial charge in [-0.25, -0.2) is 0 Å². The van der Waals surface area contributed by atoms with E-state index < -0.39 is 0 Å². The molecular formula is C23H24ClN5O4. The normalized spacial score (nSPS) is 15.7. The van der Waals surface area contributed by atoms with E-state index in [4.69, 9.17) is 21.1 Å². The van der Waals surface area contributed by atoms with Crippen LogP contribution in [0.2, 0.25) is 5.02 Å². The quantitative estimate of drug-likeness (QED) is 0.570. The SMILES string of the molecule is COc1ccc(-c2nc(NC(=O)C3CCCN(C(=O)c4ccc(Cl)cc4)C3)n[nH]2)c(OC)c1. The van der Waals surface area contributed by atoms with Crippen LogP contribution in [0.3, 0.4) is 0 Å². The van der Waals surface area contributed by atoms with Gasteiger partial charge in [0.25, 0.3) is 5.91 Å². The maximum absolute atomic E-state index is 12.9. The van der Waals surface area contributed by atoms with E-state index in [0.717, 1.165) is 6.42 Å². The molecule has 1 saturated heterocycles. The van der Waals surface area contributed by atoms with Gasteiger partial charge in [0.2, 0.25) is 11.9 Å². The number of anilines is 1. The maximum atomic E-state index is 12.9. The highest BCUT2D eigenvalue weighted by atomic mass is 35.5. The van der Waals surface area contributed by atoms with Gasteiger partial charge in [-0.2, -0.15) is 4.98 Å². The van der Waals surface area contributed by atoms with Crippen LogP contribution in [0.5, 0.6) is 11.5 Å². The molecule has 0 spiro atoms. The van der Waals surface area contributed by atoms with Gasteiger partial charge in [0.15, 0.2) is 5.82 Å². The van der Waals surface area contributed by atoms with Crippen molar-refractivity contribution < 1.29 is 19.1 Å². The minimum absolute atomic E-state index is 0.115. The van der Waals surface area contributed by atoms with Gasteiger partial charge in [-0.05, 0) is 49.2 Å². The van der Waals surface area contributed by atoms with Crippen LogP contribution in [0.15, 0.2) is 42.5 Å². The smallest absolute Gasteiger partial charge is 0.253 e. The van der Waals surface area contributed by atoms with Crippen LogP contribution >= 0.6 is 11.6 Å². The Kier molecular flexibility index (Phi) is 6.79. The van der Waals surface area contributed by atoms with Crippen molar-refractivity contribution >= 4 is 29.4 Å². The molecule has 2 aromatic carbocycles. The van der Waals surface area contributed by atoms with Crippen LogP contribution in [-0.4, -0.2) is 59.2 Å². The molecule has 4 rings (SSSR count). The van der Waals surface area contributed by atoms with Crippen LogP contribution in [0, 0.1) is 5.92 Å². The van der Waals surface area contributed by atoms with E-state index in [0.29, 0.717) is 53.0 Å². The Morgan fingerprint density at radius 3 is 2.67 bits per heavy atom. The lowest BCUT2D eigenvalue weighted by Crippen LogP contribution is -2.43. The predicted molar refractivity (Wildman–Crippen MR) is 124 cm³/mol. The Morgan fingerprint density at radius 1 is 1.15 bits per heavy atom. The molecule has 1 aliphatic rings. The Labute approximate surface area is 196 Å². The molecule has 3 aromatic rings.